The fourth-order valence-electron chi connectivity index (χ4n) is 1.65. The van der Waals surface area contributed by atoms with Gasteiger partial charge >= 0.3 is 0 Å². The lowest BCUT2D eigenvalue weighted by atomic mass is 10.0. The van der Waals surface area contributed by atoms with Gasteiger partial charge < -0.3 is 4.74 Å². The van der Waals surface area contributed by atoms with Gasteiger partial charge in [-0.3, -0.25) is 4.79 Å². The van der Waals surface area contributed by atoms with Gasteiger partial charge in [-0.05, 0) is 25.0 Å². The van der Waals surface area contributed by atoms with Crippen LogP contribution in [0.15, 0.2) is 24.3 Å². The molecule has 0 spiro atoms. The van der Waals surface area contributed by atoms with E-state index < -0.39 is 0 Å². The van der Waals surface area contributed by atoms with Gasteiger partial charge in [0.15, 0.2) is 5.78 Å². The molecule has 0 aliphatic rings. The van der Waals surface area contributed by atoms with Crippen LogP contribution in [0.5, 0.6) is 0 Å². The van der Waals surface area contributed by atoms with Crippen LogP contribution in [0.4, 0.5) is 0 Å². The van der Waals surface area contributed by atoms with Crippen LogP contribution in [0.3, 0.4) is 0 Å². The van der Waals surface area contributed by atoms with Crippen LogP contribution in [0.1, 0.15) is 42.6 Å². The third-order valence-corrected chi connectivity index (χ3v) is 2.66. The number of methoxy groups -OCH3 is 1. The fourth-order valence-corrected chi connectivity index (χ4v) is 1.65. The van der Waals surface area contributed by atoms with E-state index in [-0.39, 0.29) is 11.9 Å². The van der Waals surface area contributed by atoms with Crippen LogP contribution in [-0.4, -0.2) is 19.0 Å². The molecule has 0 saturated carbocycles. The maximum Gasteiger partial charge on any atom is 0.165 e. The highest BCUT2D eigenvalue weighted by atomic mass is 16.5. The molecule has 16 heavy (non-hydrogen) atoms. The van der Waals surface area contributed by atoms with Crippen molar-refractivity contribution >= 4 is 5.78 Å². The predicted octanol–water partition coefficient (Wildman–Crippen LogP) is 3.25. The second-order valence-electron chi connectivity index (χ2n) is 4.12. The van der Waals surface area contributed by atoms with E-state index in [0.29, 0.717) is 6.42 Å². The Morgan fingerprint density at radius 1 is 1.44 bits per heavy atom. The summed E-state index contributed by atoms with van der Waals surface area (Å²) >= 11 is 0. The smallest absolute Gasteiger partial charge is 0.165 e. The minimum atomic E-state index is -0.0117. The van der Waals surface area contributed by atoms with Gasteiger partial charge in [0.2, 0.25) is 0 Å². The molecule has 0 saturated heterocycles. The van der Waals surface area contributed by atoms with Crippen LogP contribution >= 0.6 is 0 Å². The van der Waals surface area contributed by atoms with Crippen molar-refractivity contribution < 1.29 is 9.53 Å². The number of ether oxygens (including phenoxy) is 1. The summed E-state index contributed by atoms with van der Waals surface area (Å²) in [5.41, 5.74) is 2.04. The molecule has 1 rings (SSSR count). The first-order valence-corrected chi connectivity index (χ1v) is 5.82. The van der Waals surface area contributed by atoms with Crippen LogP contribution in [0.25, 0.3) is 0 Å². The quantitative estimate of drug-likeness (QED) is 0.688. The first-order valence-electron chi connectivity index (χ1n) is 5.82. The van der Waals surface area contributed by atoms with Gasteiger partial charge in [-0.25, -0.2) is 0 Å². The highest BCUT2D eigenvalue weighted by molar-refractivity contribution is 5.96. The topological polar surface area (TPSA) is 26.3 Å². The number of rotatable bonds is 6. The molecule has 1 unspecified atom stereocenters. The molecule has 1 aromatic rings. The molecular weight excluding hydrogens is 200 g/mol. The van der Waals surface area contributed by atoms with Crippen molar-refractivity contribution in [3.05, 3.63) is 35.4 Å². The summed E-state index contributed by atoms with van der Waals surface area (Å²) in [7, 11) is 1.63. The van der Waals surface area contributed by atoms with Gasteiger partial charge in [0.1, 0.15) is 0 Å². The molecule has 2 heteroatoms. The largest absolute Gasteiger partial charge is 0.381 e. The molecule has 2 nitrogen and oxygen atoms in total. The predicted molar refractivity (Wildman–Crippen MR) is 65.9 cm³/mol. The summed E-state index contributed by atoms with van der Waals surface area (Å²) in [6.07, 6.45) is 2.57. The van der Waals surface area contributed by atoms with Gasteiger partial charge in [0.05, 0.1) is 6.10 Å². The molecule has 0 N–H and O–H groups in total. The number of Topliss-reactive ketones (excluding diaryl/α,β-unsaturated/α-hetero) is 1. The number of aryl methyl sites for hydroxylation is 1. The normalized spacial score (nSPS) is 12.4. The number of carbonyl (C=O) groups excluding carboxylic acids is 1. The molecule has 0 bridgehead atoms. The molecule has 88 valence electrons. The third kappa shape index (κ3) is 3.78. The van der Waals surface area contributed by atoms with E-state index in [1.165, 1.54) is 5.56 Å². The van der Waals surface area contributed by atoms with Crippen molar-refractivity contribution in [3.63, 3.8) is 0 Å². The second-order valence-corrected chi connectivity index (χ2v) is 4.12. The van der Waals surface area contributed by atoms with E-state index in [2.05, 4.69) is 13.0 Å². The Kier molecular flexibility index (Phi) is 5.20. The number of benzene rings is 1. The number of ketones is 1. The zero-order valence-electron chi connectivity index (χ0n) is 10.3. The first-order chi connectivity index (χ1) is 7.67. The average molecular weight is 220 g/mol. The summed E-state index contributed by atoms with van der Waals surface area (Å²) in [6, 6.07) is 7.90. The molecular formula is C14H20O2. The highest BCUT2D eigenvalue weighted by Gasteiger charge is 2.10. The van der Waals surface area contributed by atoms with Crippen LogP contribution in [-0.2, 0) is 11.2 Å². The van der Waals surface area contributed by atoms with Crippen molar-refractivity contribution in [1.29, 1.82) is 0 Å². The monoisotopic (exact) mass is 220 g/mol. The van der Waals surface area contributed by atoms with E-state index in [0.717, 1.165) is 18.4 Å². The molecule has 0 aromatic heterocycles. The zero-order chi connectivity index (χ0) is 12.0. The molecule has 0 aliphatic carbocycles. The highest BCUT2D eigenvalue weighted by Crippen LogP contribution is 2.11. The van der Waals surface area contributed by atoms with Crippen LogP contribution in [0, 0.1) is 0 Å². The Hall–Kier alpha value is -1.15. The minimum absolute atomic E-state index is 0.0117. The summed E-state index contributed by atoms with van der Waals surface area (Å²) in [5.74, 6) is 0.160. The van der Waals surface area contributed by atoms with Gasteiger partial charge in [0.25, 0.3) is 0 Å². The number of carbonyl (C=O) groups is 1. The molecule has 0 amide bonds. The summed E-state index contributed by atoms with van der Waals surface area (Å²) in [6.45, 7) is 4.05. The zero-order valence-corrected chi connectivity index (χ0v) is 10.3. The van der Waals surface area contributed by atoms with Crippen molar-refractivity contribution in [2.75, 3.05) is 7.11 Å². The van der Waals surface area contributed by atoms with E-state index >= 15 is 0 Å². The van der Waals surface area contributed by atoms with Crippen molar-refractivity contribution in [2.24, 2.45) is 0 Å². The number of hydrogen-bond donors (Lipinski definition) is 0. The molecule has 0 fully saturated rings. The lowest BCUT2D eigenvalue weighted by Gasteiger charge is -2.09. The van der Waals surface area contributed by atoms with Crippen LogP contribution < -0.4 is 0 Å². The Bertz CT molecular complexity index is 344. The van der Waals surface area contributed by atoms with Gasteiger partial charge in [-0.15, -0.1) is 0 Å². The number of hydrogen-bond acceptors (Lipinski definition) is 2. The Morgan fingerprint density at radius 3 is 2.81 bits per heavy atom. The standard InChI is InChI=1S/C14H20O2/c1-4-6-12-7-5-8-13(10-12)14(15)9-11(2)16-3/h5,7-8,10-11H,4,6,9H2,1-3H3. The van der Waals surface area contributed by atoms with E-state index in [4.69, 9.17) is 4.74 Å². The third-order valence-electron chi connectivity index (χ3n) is 2.66. The minimum Gasteiger partial charge on any atom is -0.381 e. The van der Waals surface area contributed by atoms with Gasteiger partial charge in [0, 0.05) is 19.1 Å². The Balaban J connectivity index is 2.71. The lowest BCUT2D eigenvalue weighted by molar-refractivity contribution is 0.0792. The lowest BCUT2D eigenvalue weighted by Crippen LogP contribution is -2.12. The van der Waals surface area contributed by atoms with Crippen molar-refractivity contribution in [3.8, 4) is 0 Å². The van der Waals surface area contributed by atoms with E-state index in [1.807, 2.05) is 25.1 Å². The fraction of sp³-hybridized carbons (Fsp3) is 0.500. The maximum atomic E-state index is 11.9. The SMILES string of the molecule is CCCc1cccc(C(=O)CC(C)OC)c1. The summed E-state index contributed by atoms with van der Waals surface area (Å²) in [5, 5.41) is 0. The van der Waals surface area contributed by atoms with Crippen LogP contribution in [0.2, 0.25) is 0 Å². The van der Waals surface area contributed by atoms with Gasteiger partial charge in [-0.1, -0.05) is 31.5 Å². The molecule has 0 radical (unpaired) electrons. The molecule has 1 aromatic carbocycles. The first kappa shape index (κ1) is 12.9. The Labute approximate surface area is 97.6 Å². The van der Waals surface area contributed by atoms with Crippen molar-refractivity contribution in [1.82, 2.24) is 0 Å². The van der Waals surface area contributed by atoms with E-state index in [9.17, 15) is 4.79 Å². The van der Waals surface area contributed by atoms with Crippen molar-refractivity contribution in [2.45, 2.75) is 39.2 Å². The maximum absolute atomic E-state index is 11.9. The summed E-state index contributed by atoms with van der Waals surface area (Å²) < 4.78 is 5.10. The van der Waals surface area contributed by atoms with E-state index in [1.54, 1.807) is 7.11 Å². The summed E-state index contributed by atoms with van der Waals surface area (Å²) in [4.78, 5) is 11.9. The Morgan fingerprint density at radius 2 is 2.19 bits per heavy atom. The molecule has 1 atom stereocenters. The average Bonchev–Trinajstić information content (AvgIpc) is 2.29. The molecule has 0 heterocycles. The van der Waals surface area contributed by atoms with Gasteiger partial charge in [-0.2, -0.15) is 0 Å². The second kappa shape index (κ2) is 6.44. The molecule has 0 aliphatic heterocycles.